The molecule has 0 bridgehead atoms. The molecule has 4 nitrogen and oxygen atoms in total. The highest BCUT2D eigenvalue weighted by Gasteiger charge is 2.26. The Balaban J connectivity index is 2.31. The van der Waals surface area contributed by atoms with Crippen LogP contribution in [-0.2, 0) is 4.74 Å². The van der Waals surface area contributed by atoms with Crippen LogP contribution in [0.15, 0.2) is 4.47 Å². The number of nitrogens with one attached hydrogen (secondary N) is 1. The number of halogens is 1. The van der Waals surface area contributed by atoms with Crippen molar-refractivity contribution in [2.24, 2.45) is 0 Å². The van der Waals surface area contributed by atoms with Crippen LogP contribution in [0.25, 0.3) is 0 Å². The van der Waals surface area contributed by atoms with Crippen molar-refractivity contribution in [3.05, 3.63) is 16.0 Å². The van der Waals surface area contributed by atoms with Crippen molar-refractivity contribution >= 4 is 21.7 Å². The summed E-state index contributed by atoms with van der Waals surface area (Å²) in [6.45, 7) is 4.05. The number of ether oxygens (including phenoxy) is 1. The van der Waals surface area contributed by atoms with E-state index in [0.717, 1.165) is 34.7 Å². The maximum Gasteiger partial charge on any atom is 0.159 e. The fourth-order valence-electron chi connectivity index (χ4n) is 1.88. The molecule has 2 atom stereocenters. The predicted octanol–water partition coefficient (Wildman–Crippen LogP) is 2.83. The highest BCUT2D eigenvalue weighted by atomic mass is 79.9. The van der Waals surface area contributed by atoms with Gasteiger partial charge in [0.2, 0.25) is 0 Å². The van der Waals surface area contributed by atoms with Crippen LogP contribution in [0.3, 0.4) is 0 Å². The van der Waals surface area contributed by atoms with Gasteiger partial charge in [-0.25, -0.2) is 9.97 Å². The van der Waals surface area contributed by atoms with E-state index in [1.54, 1.807) is 0 Å². The fraction of sp³-hybridized carbons (Fsp3) is 0.636. The molecule has 1 aromatic heterocycles. The lowest BCUT2D eigenvalue weighted by atomic mass is 10.2. The third kappa shape index (κ3) is 2.20. The van der Waals surface area contributed by atoms with Gasteiger partial charge in [-0.2, -0.15) is 0 Å². The number of nitrogens with zero attached hydrogens (tertiary/aromatic N) is 2. The van der Waals surface area contributed by atoms with Gasteiger partial charge in [0.15, 0.2) is 5.82 Å². The van der Waals surface area contributed by atoms with Crippen LogP contribution < -0.4 is 5.32 Å². The first-order chi connectivity index (χ1) is 7.61. The van der Waals surface area contributed by atoms with Crippen molar-refractivity contribution in [1.29, 1.82) is 0 Å². The monoisotopic (exact) mass is 285 g/mol. The molecular formula is C11H16BrN3O. The molecule has 2 rings (SSSR count). The summed E-state index contributed by atoms with van der Waals surface area (Å²) in [5, 5.41) is 3.06. The molecule has 0 amide bonds. The Morgan fingerprint density at radius 3 is 2.69 bits per heavy atom. The van der Waals surface area contributed by atoms with Gasteiger partial charge >= 0.3 is 0 Å². The van der Waals surface area contributed by atoms with E-state index in [2.05, 4.69) is 38.1 Å². The van der Waals surface area contributed by atoms with Crippen molar-refractivity contribution in [2.75, 3.05) is 12.4 Å². The summed E-state index contributed by atoms with van der Waals surface area (Å²) in [4.78, 5) is 8.95. The lowest BCUT2D eigenvalue weighted by molar-refractivity contribution is 0.0502. The standard InChI is InChI=1S/C11H16BrN3O/c1-6-4-5-8(16-6)10-14-7(2)9(12)11(13-3)15-10/h6,8H,4-5H2,1-3H3,(H,13,14,15). The summed E-state index contributed by atoms with van der Waals surface area (Å²) in [5.41, 5.74) is 0.942. The Hall–Kier alpha value is -0.680. The van der Waals surface area contributed by atoms with E-state index in [1.807, 2.05) is 14.0 Å². The Morgan fingerprint density at radius 1 is 1.38 bits per heavy atom. The Labute approximate surface area is 104 Å². The third-order valence-electron chi connectivity index (χ3n) is 2.79. The van der Waals surface area contributed by atoms with Gasteiger partial charge in [-0.05, 0) is 42.6 Å². The van der Waals surface area contributed by atoms with Gasteiger partial charge in [0.25, 0.3) is 0 Å². The van der Waals surface area contributed by atoms with Gasteiger partial charge in [-0.15, -0.1) is 0 Å². The molecule has 88 valence electrons. The number of hydrogen-bond donors (Lipinski definition) is 1. The first-order valence-electron chi connectivity index (χ1n) is 5.49. The molecule has 0 aromatic carbocycles. The Morgan fingerprint density at radius 2 is 2.12 bits per heavy atom. The Bertz CT molecular complexity index is 397. The second kappa shape index (κ2) is 4.67. The molecular weight excluding hydrogens is 270 g/mol. The maximum atomic E-state index is 5.77. The summed E-state index contributed by atoms with van der Waals surface area (Å²) < 4.78 is 6.69. The molecule has 1 saturated heterocycles. The van der Waals surface area contributed by atoms with Crippen LogP contribution in [-0.4, -0.2) is 23.1 Å². The van der Waals surface area contributed by atoms with E-state index in [0.29, 0.717) is 6.10 Å². The summed E-state index contributed by atoms with van der Waals surface area (Å²) in [6.07, 6.45) is 2.45. The van der Waals surface area contributed by atoms with Gasteiger partial charge in [-0.1, -0.05) is 0 Å². The van der Waals surface area contributed by atoms with Crippen LogP contribution >= 0.6 is 15.9 Å². The van der Waals surface area contributed by atoms with E-state index >= 15 is 0 Å². The minimum Gasteiger partial charge on any atom is -0.372 e. The van der Waals surface area contributed by atoms with Crippen LogP contribution in [0.2, 0.25) is 0 Å². The molecule has 2 unspecified atom stereocenters. The highest BCUT2D eigenvalue weighted by Crippen LogP contribution is 2.32. The van der Waals surface area contributed by atoms with Crippen LogP contribution in [0, 0.1) is 6.92 Å². The average Bonchev–Trinajstić information content (AvgIpc) is 2.69. The van der Waals surface area contributed by atoms with Crippen molar-refractivity contribution in [3.63, 3.8) is 0 Å². The number of aryl methyl sites for hydroxylation is 1. The Kier molecular flexibility index (Phi) is 3.44. The largest absolute Gasteiger partial charge is 0.372 e. The second-order valence-corrected chi connectivity index (χ2v) is 4.89. The number of hydrogen-bond acceptors (Lipinski definition) is 4. The summed E-state index contributed by atoms with van der Waals surface area (Å²) in [6, 6.07) is 0. The summed E-state index contributed by atoms with van der Waals surface area (Å²) in [5.74, 6) is 1.61. The van der Waals surface area contributed by atoms with E-state index in [9.17, 15) is 0 Å². The van der Waals surface area contributed by atoms with Gasteiger partial charge < -0.3 is 10.1 Å². The van der Waals surface area contributed by atoms with E-state index < -0.39 is 0 Å². The zero-order valence-corrected chi connectivity index (χ0v) is 11.3. The van der Waals surface area contributed by atoms with Gasteiger partial charge in [0.05, 0.1) is 16.3 Å². The summed E-state index contributed by atoms with van der Waals surface area (Å²) >= 11 is 3.47. The van der Waals surface area contributed by atoms with Crippen LogP contribution in [0.4, 0.5) is 5.82 Å². The first kappa shape index (κ1) is 11.8. The topological polar surface area (TPSA) is 47.0 Å². The highest BCUT2D eigenvalue weighted by molar-refractivity contribution is 9.10. The SMILES string of the molecule is CNc1nc(C2CCC(C)O2)nc(C)c1Br. The normalized spacial score (nSPS) is 24.8. The summed E-state index contributed by atoms with van der Waals surface area (Å²) in [7, 11) is 1.86. The molecule has 0 aliphatic carbocycles. The first-order valence-corrected chi connectivity index (χ1v) is 6.28. The lowest BCUT2D eigenvalue weighted by Crippen LogP contribution is -2.09. The van der Waals surface area contributed by atoms with Gasteiger partial charge in [0, 0.05) is 7.05 Å². The number of aromatic nitrogens is 2. The molecule has 16 heavy (non-hydrogen) atoms. The minimum atomic E-state index is 0.0499. The van der Waals surface area contributed by atoms with Crippen molar-refractivity contribution in [1.82, 2.24) is 9.97 Å². The third-order valence-corrected chi connectivity index (χ3v) is 3.74. The molecule has 2 heterocycles. The number of rotatable bonds is 2. The smallest absolute Gasteiger partial charge is 0.159 e. The molecule has 0 saturated carbocycles. The molecule has 1 fully saturated rings. The molecule has 1 aliphatic heterocycles. The molecule has 1 aromatic rings. The molecule has 0 radical (unpaired) electrons. The van der Waals surface area contributed by atoms with Crippen LogP contribution in [0.5, 0.6) is 0 Å². The zero-order chi connectivity index (χ0) is 11.7. The molecule has 0 spiro atoms. The van der Waals surface area contributed by atoms with E-state index in [-0.39, 0.29) is 6.10 Å². The quantitative estimate of drug-likeness (QED) is 0.908. The van der Waals surface area contributed by atoms with Crippen molar-refractivity contribution in [2.45, 2.75) is 38.9 Å². The predicted molar refractivity (Wildman–Crippen MR) is 66.5 cm³/mol. The molecule has 5 heteroatoms. The van der Waals surface area contributed by atoms with Crippen LogP contribution in [0.1, 0.15) is 37.4 Å². The minimum absolute atomic E-state index is 0.0499. The van der Waals surface area contributed by atoms with Crippen molar-refractivity contribution in [3.8, 4) is 0 Å². The zero-order valence-electron chi connectivity index (χ0n) is 9.75. The molecule has 1 N–H and O–H groups in total. The second-order valence-electron chi connectivity index (χ2n) is 4.09. The van der Waals surface area contributed by atoms with Gasteiger partial charge in [0.1, 0.15) is 11.9 Å². The maximum absolute atomic E-state index is 5.77. The fourth-order valence-corrected chi connectivity index (χ4v) is 2.26. The average molecular weight is 286 g/mol. The van der Waals surface area contributed by atoms with Crippen molar-refractivity contribution < 1.29 is 4.74 Å². The molecule has 1 aliphatic rings. The van der Waals surface area contributed by atoms with Gasteiger partial charge in [-0.3, -0.25) is 0 Å². The number of anilines is 1. The van der Waals surface area contributed by atoms with E-state index in [1.165, 1.54) is 0 Å². The lowest BCUT2D eigenvalue weighted by Gasteiger charge is -2.13. The van der Waals surface area contributed by atoms with E-state index in [4.69, 9.17) is 4.74 Å².